The molecule has 142 valence electrons. The predicted octanol–water partition coefficient (Wildman–Crippen LogP) is 2.32. The first kappa shape index (κ1) is 17.4. The van der Waals surface area contributed by atoms with E-state index in [1.54, 1.807) is 18.0 Å². The molecule has 0 radical (unpaired) electrons. The van der Waals surface area contributed by atoms with Gasteiger partial charge in [0, 0.05) is 26.6 Å². The van der Waals surface area contributed by atoms with Crippen LogP contribution in [0.3, 0.4) is 0 Å². The van der Waals surface area contributed by atoms with Crippen molar-refractivity contribution in [2.24, 2.45) is 0 Å². The summed E-state index contributed by atoms with van der Waals surface area (Å²) in [5.41, 5.74) is -0.440. The highest BCUT2D eigenvalue weighted by atomic mass is 16.6. The summed E-state index contributed by atoms with van der Waals surface area (Å²) in [4.78, 5) is 30.4. The second kappa shape index (κ2) is 6.95. The molecule has 2 amide bonds. The fourth-order valence-electron chi connectivity index (χ4n) is 4.32. The summed E-state index contributed by atoms with van der Waals surface area (Å²) >= 11 is 0. The van der Waals surface area contributed by atoms with Crippen LogP contribution in [0.15, 0.2) is 16.5 Å². The molecule has 3 saturated heterocycles. The van der Waals surface area contributed by atoms with E-state index in [9.17, 15) is 9.59 Å². The van der Waals surface area contributed by atoms with E-state index in [1.165, 1.54) is 12.8 Å². The molecule has 7 heteroatoms. The second-order valence-electron chi connectivity index (χ2n) is 7.80. The van der Waals surface area contributed by atoms with Crippen molar-refractivity contribution in [3.8, 4) is 0 Å². The Morgan fingerprint density at radius 3 is 2.65 bits per heavy atom. The van der Waals surface area contributed by atoms with Gasteiger partial charge in [0.05, 0.1) is 13.1 Å². The highest BCUT2D eigenvalue weighted by Gasteiger charge is 2.44. The average Bonchev–Trinajstić information content (AvgIpc) is 3.31. The number of likely N-dealkylation sites (tertiary alicyclic amines) is 2. The summed E-state index contributed by atoms with van der Waals surface area (Å²) in [6, 6.07) is 3.70. The van der Waals surface area contributed by atoms with Gasteiger partial charge in [0.2, 0.25) is 0 Å². The van der Waals surface area contributed by atoms with Crippen molar-refractivity contribution in [3.63, 3.8) is 0 Å². The van der Waals surface area contributed by atoms with Crippen molar-refractivity contribution in [3.05, 3.63) is 23.7 Å². The van der Waals surface area contributed by atoms with Crippen LogP contribution in [-0.2, 0) is 11.3 Å². The van der Waals surface area contributed by atoms with Gasteiger partial charge in [-0.15, -0.1) is 0 Å². The molecule has 1 aromatic heterocycles. The maximum atomic E-state index is 12.8. The summed E-state index contributed by atoms with van der Waals surface area (Å²) in [6.45, 7) is 4.84. The molecule has 3 fully saturated rings. The van der Waals surface area contributed by atoms with E-state index in [2.05, 4.69) is 4.90 Å². The molecular weight excluding hydrogens is 334 g/mol. The molecule has 0 saturated carbocycles. The lowest BCUT2D eigenvalue weighted by Gasteiger charge is -2.25. The number of amides is 2. The number of carbonyl (C=O) groups excluding carboxylic acids is 2. The van der Waals surface area contributed by atoms with Gasteiger partial charge >= 0.3 is 6.09 Å². The van der Waals surface area contributed by atoms with Gasteiger partial charge in [-0.05, 0) is 50.9 Å². The van der Waals surface area contributed by atoms with Gasteiger partial charge in [-0.1, -0.05) is 0 Å². The lowest BCUT2D eigenvalue weighted by Crippen LogP contribution is -2.36. The summed E-state index contributed by atoms with van der Waals surface area (Å²) in [5, 5.41) is 0. The van der Waals surface area contributed by atoms with E-state index < -0.39 is 5.60 Å². The topological polar surface area (TPSA) is 66.2 Å². The zero-order valence-corrected chi connectivity index (χ0v) is 15.4. The van der Waals surface area contributed by atoms with E-state index >= 15 is 0 Å². The molecular formula is C19H27N3O4. The van der Waals surface area contributed by atoms with E-state index in [0.29, 0.717) is 31.8 Å². The van der Waals surface area contributed by atoms with Crippen molar-refractivity contribution < 1.29 is 18.7 Å². The van der Waals surface area contributed by atoms with E-state index in [-0.39, 0.29) is 12.0 Å². The van der Waals surface area contributed by atoms with Crippen molar-refractivity contribution in [1.29, 1.82) is 0 Å². The quantitative estimate of drug-likeness (QED) is 0.827. The van der Waals surface area contributed by atoms with Crippen LogP contribution >= 0.6 is 0 Å². The van der Waals surface area contributed by atoms with Crippen LogP contribution in [-0.4, -0.2) is 72.1 Å². The molecule has 3 aliphatic rings. The molecule has 0 N–H and O–H groups in total. The van der Waals surface area contributed by atoms with Crippen molar-refractivity contribution in [2.45, 2.75) is 44.2 Å². The van der Waals surface area contributed by atoms with Crippen LogP contribution in [0.4, 0.5) is 4.79 Å². The maximum absolute atomic E-state index is 12.8. The average molecular weight is 361 g/mol. The first-order valence-electron chi connectivity index (χ1n) is 9.59. The van der Waals surface area contributed by atoms with Crippen molar-refractivity contribution in [1.82, 2.24) is 14.7 Å². The van der Waals surface area contributed by atoms with Gasteiger partial charge in [0.1, 0.15) is 11.4 Å². The second-order valence-corrected chi connectivity index (χ2v) is 7.80. The van der Waals surface area contributed by atoms with Crippen molar-refractivity contribution in [2.75, 3.05) is 39.8 Å². The number of hydrogen-bond acceptors (Lipinski definition) is 5. The molecule has 1 aromatic rings. The van der Waals surface area contributed by atoms with Gasteiger partial charge < -0.3 is 19.0 Å². The molecule has 1 unspecified atom stereocenters. The highest BCUT2D eigenvalue weighted by molar-refractivity contribution is 5.91. The predicted molar refractivity (Wildman–Crippen MR) is 94.8 cm³/mol. The minimum atomic E-state index is -0.440. The summed E-state index contributed by atoms with van der Waals surface area (Å²) < 4.78 is 11.4. The fraction of sp³-hybridized carbons (Fsp3) is 0.684. The number of nitrogens with zero attached hydrogens (tertiary/aromatic N) is 3. The first-order chi connectivity index (χ1) is 12.5. The van der Waals surface area contributed by atoms with E-state index in [1.807, 2.05) is 11.0 Å². The summed E-state index contributed by atoms with van der Waals surface area (Å²) in [7, 11) is 1.76. The van der Waals surface area contributed by atoms with E-state index in [4.69, 9.17) is 9.15 Å². The Bertz CT molecular complexity index is 682. The normalized spacial score (nSPS) is 27.2. The number of hydrogen-bond donors (Lipinski definition) is 0. The lowest BCUT2D eigenvalue weighted by atomic mass is 9.95. The number of rotatable bonds is 3. The van der Waals surface area contributed by atoms with Crippen LogP contribution in [0.1, 0.15) is 48.4 Å². The largest absolute Gasteiger partial charge is 0.455 e. The Hall–Kier alpha value is -2.02. The van der Waals surface area contributed by atoms with Gasteiger partial charge in [-0.3, -0.25) is 9.69 Å². The molecule has 0 bridgehead atoms. The van der Waals surface area contributed by atoms with Gasteiger partial charge in [-0.2, -0.15) is 0 Å². The Morgan fingerprint density at radius 2 is 1.92 bits per heavy atom. The number of ether oxygens (including phenoxy) is 1. The molecule has 0 aliphatic carbocycles. The number of furan rings is 1. The minimum Gasteiger partial charge on any atom is -0.455 e. The lowest BCUT2D eigenvalue weighted by molar-refractivity contribution is 0.0435. The van der Waals surface area contributed by atoms with Crippen LogP contribution in [0.5, 0.6) is 0 Å². The molecule has 1 spiro atoms. The summed E-state index contributed by atoms with van der Waals surface area (Å²) in [5.74, 6) is 1.20. The third kappa shape index (κ3) is 3.45. The maximum Gasteiger partial charge on any atom is 0.410 e. The SMILES string of the molecule is CN1CC2(CCCN(C(=O)c3ccc(CN4CCCC4)o3)CC2)OC1=O. The molecule has 1 atom stereocenters. The van der Waals surface area contributed by atoms with Crippen LogP contribution in [0.25, 0.3) is 0 Å². The molecule has 0 aromatic carbocycles. The van der Waals surface area contributed by atoms with Gasteiger partial charge in [0.15, 0.2) is 5.76 Å². The van der Waals surface area contributed by atoms with Crippen molar-refractivity contribution >= 4 is 12.0 Å². The smallest absolute Gasteiger partial charge is 0.410 e. The Balaban J connectivity index is 1.37. The molecule has 3 aliphatic heterocycles. The molecule has 7 nitrogen and oxygen atoms in total. The number of carbonyl (C=O) groups is 2. The zero-order valence-electron chi connectivity index (χ0n) is 15.4. The third-order valence-electron chi connectivity index (χ3n) is 5.78. The molecule has 26 heavy (non-hydrogen) atoms. The standard InChI is InChI=1S/C19H27N3O4/c1-20-14-19(26-18(20)24)7-4-11-22(12-8-19)17(23)16-6-5-15(25-16)13-21-9-2-3-10-21/h5-6H,2-4,7-14H2,1H3. The van der Waals surface area contributed by atoms with Crippen LogP contribution in [0, 0.1) is 0 Å². The Labute approximate surface area is 153 Å². The molecule has 4 heterocycles. The van der Waals surface area contributed by atoms with Crippen LogP contribution in [0.2, 0.25) is 0 Å². The monoisotopic (exact) mass is 361 g/mol. The molecule has 4 rings (SSSR count). The first-order valence-corrected chi connectivity index (χ1v) is 9.59. The Morgan fingerprint density at radius 1 is 1.12 bits per heavy atom. The van der Waals surface area contributed by atoms with E-state index in [0.717, 1.165) is 38.2 Å². The Kier molecular flexibility index (Phi) is 4.65. The zero-order chi connectivity index (χ0) is 18.1. The number of likely N-dealkylation sites (N-methyl/N-ethyl adjacent to an activating group) is 1. The van der Waals surface area contributed by atoms with Crippen LogP contribution < -0.4 is 0 Å². The van der Waals surface area contributed by atoms with Gasteiger partial charge in [-0.25, -0.2) is 4.79 Å². The third-order valence-corrected chi connectivity index (χ3v) is 5.78. The highest BCUT2D eigenvalue weighted by Crippen LogP contribution is 2.33. The van der Waals surface area contributed by atoms with Gasteiger partial charge in [0.25, 0.3) is 5.91 Å². The minimum absolute atomic E-state index is 0.0626. The fourth-order valence-corrected chi connectivity index (χ4v) is 4.32. The summed E-state index contributed by atoms with van der Waals surface area (Å²) in [6.07, 6.45) is 4.52.